The number of carbonyl (C=O) groups is 1. The lowest BCUT2D eigenvalue weighted by atomic mass is 10.1. The topological polar surface area (TPSA) is 103 Å². The van der Waals surface area contributed by atoms with E-state index < -0.39 is 9.84 Å². The second kappa shape index (κ2) is 12.1. The average Bonchev–Trinajstić information content (AvgIpc) is 2.94. The van der Waals surface area contributed by atoms with Crippen molar-refractivity contribution < 1.29 is 13.2 Å². The van der Waals surface area contributed by atoms with Crippen LogP contribution in [0.1, 0.15) is 39.0 Å². The van der Waals surface area contributed by atoms with Crippen LogP contribution in [-0.2, 0) is 14.6 Å². The maximum Gasteiger partial charge on any atom is 0.222 e. The molecule has 0 aliphatic carbocycles. The Morgan fingerprint density at radius 2 is 1.85 bits per heavy atom. The number of amides is 1. The van der Waals surface area contributed by atoms with Gasteiger partial charge in [0.25, 0.3) is 0 Å². The summed E-state index contributed by atoms with van der Waals surface area (Å²) in [5.74, 6) is 0.828. The average molecular weight is 515 g/mol. The summed E-state index contributed by atoms with van der Waals surface area (Å²) in [7, 11) is -1.24. The molecule has 3 N–H and O–H groups in total. The van der Waals surface area contributed by atoms with Crippen LogP contribution < -0.4 is 16.0 Å². The zero-order valence-electron chi connectivity index (χ0n) is 16.4. The summed E-state index contributed by atoms with van der Waals surface area (Å²) in [5, 5.41) is 9.40. The van der Waals surface area contributed by atoms with Crippen molar-refractivity contribution in [1.82, 2.24) is 20.9 Å². The number of nitrogens with zero attached hydrogens (tertiary/aromatic N) is 2. The van der Waals surface area contributed by atoms with Crippen LogP contribution in [0, 0.1) is 0 Å². The van der Waals surface area contributed by atoms with Crippen LogP contribution in [0.3, 0.4) is 0 Å². The molecule has 1 atom stereocenters. The first kappa shape index (κ1) is 24.4. The van der Waals surface area contributed by atoms with Gasteiger partial charge in [-0.1, -0.05) is 6.92 Å². The van der Waals surface area contributed by atoms with Crippen molar-refractivity contribution in [3.8, 4) is 0 Å². The van der Waals surface area contributed by atoms with Gasteiger partial charge in [0, 0.05) is 45.2 Å². The Labute approximate surface area is 180 Å². The summed E-state index contributed by atoms with van der Waals surface area (Å²) in [4.78, 5) is 18.7. The summed E-state index contributed by atoms with van der Waals surface area (Å²) in [5.41, 5.74) is 0. The number of guanidine groups is 1. The highest BCUT2D eigenvalue weighted by molar-refractivity contribution is 14.0. The van der Waals surface area contributed by atoms with E-state index in [2.05, 4.69) is 32.8 Å². The molecule has 1 unspecified atom stereocenters. The third kappa shape index (κ3) is 8.95. The predicted molar refractivity (Wildman–Crippen MR) is 119 cm³/mol. The number of aliphatic imine (C=N–C) groups is 1. The van der Waals surface area contributed by atoms with Gasteiger partial charge in [0.15, 0.2) is 15.8 Å². The SMILES string of the molecule is CCCN1CCC(NC(=NC)NCCC(=O)NC2CCS(=O)(=O)C2)CC1.I. The third-order valence-corrected chi connectivity index (χ3v) is 6.70. The molecule has 0 radical (unpaired) electrons. The van der Waals surface area contributed by atoms with Crippen LogP contribution >= 0.6 is 24.0 Å². The quantitative estimate of drug-likeness (QED) is 0.257. The number of halogens is 1. The lowest BCUT2D eigenvalue weighted by Crippen LogP contribution is -2.49. The summed E-state index contributed by atoms with van der Waals surface area (Å²) < 4.78 is 22.8. The van der Waals surface area contributed by atoms with Gasteiger partial charge in [-0.3, -0.25) is 9.79 Å². The normalized spacial score (nSPS) is 23.5. The zero-order chi connectivity index (χ0) is 19.0. The molecule has 0 bridgehead atoms. The molecule has 0 aromatic heterocycles. The summed E-state index contributed by atoms with van der Waals surface area (Å²) in [6.07, 6.45) is 4.19. The molecule has 2 saturated heterocycles. The highest BCUT2D eigenvalue weighted by Crippen LogP contribution is 2.11. The zero-order valence-corrected chi connectivity index (χ0v) is 19.5. The smallest absolute Gasteiger partial charge is 0.222 e. The Hall–Kier alpha value is -0.620. The molecule has 1 amide bonds. The fourth-order valence-electron chi connectivity index (χ4n) is 3.51. The maximum absolute atomic E-state index is 12.0. The monoisotopic (exact) mass is 515 g/mol. The number of hydrogen-bond acceptors (Lipinski definition) is 5. The minimum absolute atomic E-state index is 0. The number of rotatable bonds is 7. The summed E-state index contributed by atoms with van der Waals surface area (Å²) in [6, 6.07) is 0.171. The molecule has 0 aromatic rings. The number of sulfone groups is 1. The van der Waals surface area contributed by atoms with E-state index in [1.165, 1.54) is 6.42 Å². The molecule has 158 valence electrons. The van der Waals surface area contributed by atoms with Gasteiger partial charge in [-0.05, 0) is 32.2 Å². The van der Waals surface area contributed by atoms with Gasteiger partial charge in [-0.25, -0.2) is 8.42 Å². The molecular weight excluding hydrogens is 481 g/mol. The van der Waals surface area contributed by atoms with Gasteiger partial charge in [-0.15, -0.1) is 24.0 Å². The van der Waals surface area contributed by atoms with Crippen LogP contribution in [0.4, 0.5) is 0 Å². The largest absolute Gasteiger partial charge is 0.356 e. The molecule has 2 fully saturated rings. The van der Waals surface area contributed by atoms with Gasteiger partial charge in [0.05, 0.1) is 11.5 Å². The highest BCUT2D eigenvalue weighted by atomic mass is 127. The Bertz CT molecular complexity index is 591. The van der Waals surface area contributed by atoms with E-state index in [9.17, 15) is 13.2 Å². The first-order valence-electron chi connectivity index (χ1n) is 9.61. The fraction of sp³-hybridized carbons (Fsp3) is 0.882. The lowest BCUT2D eigenvalue weighted by Gasteiger charge is -2.32. The van der Waals surface area contributed by atoms with E-state index in [4.69, 9.17) is 0 Å². The molecular formula is C17H34IN5O3S. The second-order valence-corrected chi connectivity index (χ2v) is 9.41. The molecule has 2 aliphatic rings. The van der Waals surface area contributed by atoms with E-state index in [0.717, 1.165) is 38.4 Å². The number of likely N-dealkylation sites (tertiary alicyclic amines) is 1. The maximum atomic E-state index is 12.0. The number of piperidine rings is 1. The van der Waals surface area contributed by atoms with E-state index >= 15 is 0 Å². The molecule has 0 saturated carbocycles. The molecule has 2 heterocycles. The Morgan fingerprint density at radius 3 is 2.41 bits per heavy atom. The third-order valence-electron chi connectivity index (χ3n) is 4.93. The number of carbonyl (C=O) groups excluding carboxylic acids is 1. The van der Waals surface area contributed by atoms with Crippen molar-refractivity contribution in [3.63, 3.8) is 0 Å². The van der Waals surface area contributed by atoms with Gasteiger partial charge >= 0.3 is 0 Å². The predicted octanol–water partition coefficient (Wildman–Crippen LogP) is 0.337. The Balaban J connectivity index is 0.00000364. The van der Waals surface area contributed by atoms with Crippen LogP contribution in [-0.4, -0.2) is 82.0 Å². The molecule has 2 aliphatic heterocycles. The van der Waals surface area contributed by atoms with Gasteiger partial charge in [-0.2, -0.15) is 0 Å². The van der Waals surface area contributed by atoms with E-state index in [-0.39, 0.29) is 47.4 Å². The van der Waals surface area contributed by atoms with Gasteiger partial charge in [0.1, 0.15) is 0 Å². The Morgan fingerprint density at radius 1 is 1.15 bits per heavy atom. The van der Waals surface area contributed by atoms with Gasteiger partial charge < -0.3 is 20.9 Å². The van der Waals surface area contributed by atoms with Crippen molar-refractivity contribution in [2.24, 2.45) is 4.99 Å². The van der Waals surface area contributed by atoms with Crippen LogP contribution in [0.25, 0.3) is 0 Å². The van der Waals surface area contributed by atoms with E-state index in [1.807, 2.05) is 0 Å². The first-order chi connectivity index (χ1) is 12.4. The van der Waals surface area contributed by atoms with Crippen molar-refractivity contribution in [3.05, 3.63) is 0 Å². The summed E-state index contributed by atoms with van der Waals surface area (Å²) in [6.45, 7) is 6.05. The minimum atomic E-state index is -2.97. The highest BCUT2D eigenvalue weighted by Gasteiger charge is 2.28. The van der Waals surface area contributed by atoms with Crippen molar-refractivity contribution in [2.45, 2.75) is 51.1 Å². The summed E-state index contributed by atoms with van der Waals surface area (Å²) >= 11 is 0. The number of hydrogen-bond donors (Lipinski definition) is 3. The molecule has 8 nitrogen and oxygen atoms in total. The van der Waals surface area contributed by atoms with Crippen molar-refractivity contribution >= 4 is 45.7 Å². The van der Waals surface area contributed by atoms with Crippen LogP contribution in [0.15, 0.2) is 4.99 Å². The number of nitrogens with one attached hydrogen (secondary N) is 3. The molecule has 0 spiro atoms. The van der Waals surface area contributed by atoms with Gasteiger partial charge in [0.2, 0.25) is 5.91 Å². The van der Waals surface area contributed by atoms with Crippen LogP contribution in [0.5, 0.6) is 0 Å². The van der Waals surface area contributed by atoms with Crippen LogP contribution in [0.2, 0.25) is 0 Å². The molecule has 2 rings (SSSR count). The molecule has 10 heteroatoms. The molecule has 0 aromatic carbocycles. The minimum Gasteiger partial charge on any atom is -0.356 e. The van der Waals surface area contributed by atoms with E-state index in [0.29, 0.717) is 25.4 Å². The lowest BCUT2D eigenvalue weighted by molar-refractivity contribution is -0.121. The standard InChI is InChI=1S/C17H33N5O3S.HI/c1-3-9-22-10-5-14(6-11-22)21-17(18-2)19-8-4-16(23)20-15-7-12-26(24,25)13-15;/h14-15H,3-13H2,1-2H3,(H,20,23)(H2,18,19,21);1H. The molecule has 27 heavy (non-hydrogen) atoms. The second-order valence-electron chi connectivity index (χ2n) is 7.18. The van der Waals surface area contributed by atoms with E-state index in [1.54, 1.807) is 7.05 Å². The fourth-order valence-corrected chi connectivity index (χ4v) is 5.18. The first-order valence-corrected chi connectivity index (χ1v) is 11.4. The van der Waals surface area contributed by atoms with Crippen molar-refractivity contribution in [1.29, 1.82) is 0 Å². The Kier molecular flexibility index (Phi) is 10.9. The van der Waals surface area contributed by atoms with Crippen molar-refractivity contribution in [2.75, 3.05) is 44.7 Å².